The highest BCUT2D eigenvalue weighted by atomic mass is 16.4. The quantitative estimate of drug-likeness (QED) is 0.172. The minimum Gasteiger partial charge on any atom is -0.481 e. The molecule has 0 aliphatic rings. The van der Waals surface area contributed by atoms with Gasteiger partial charge in [0.15, 0.2) is 0 Å². The largest absolute Gasteiger partial charge is 0.481 e. The molecule has 0 aromatic heterocycles. The topological polar surface area (TPSA) is 208 Å². The zero-order chi connectivity index (χ0) is 22.7. The van der Waals surface area contributed by atoms with E-state index in [0.717, 1.165) is 0 Å². The molecule has 3 amide bonds. The van der Waals surface area contributed by atoms with E-state index >= 15 is 0 Å². The van der Waals surface area contributed by atoms with E-state index in [-0.39, 0.29) is 25.2 Å². The molecule has 0 aliphatic heterocycles. The highest BCUT2D eigenvalue weighted by molar-refractivity contribution is 5.92. The summed E-state index contributed by atoms with van der Waals surface area (Å²) in [7, 11) is 0. The van der Waals surface area contributed by atoms with Crippen LogP contribution in [-0.4, -0.2) is 75.8 Å². The molecule has 0 spiro atoms. The monoisotopic (exact) mass is 418 g/mol. The van der Waals surface area contributed by atoms with Crippen molar-refractivity contribution in [2.75, 3.05) is 6.54 Å². The van der Waals surface area contributed by atoms with Crippen molar-refractivity contribution in [2.24, 2.45) is 11.7 Å². The summed E-state index contributed by atoms with van der Waals surface area (Å²) in [5.74, 6) is -4.83. The first-order valence-corrected chi connectivity index (χ1v) is 9.10. The Bertz CT molecular complexity index is 608. The van der Waals surface area contributed by atoms with Crippen molar-refractivity contribution in [3.63, 3.8) is 0 Å². The minimum atomic E-state index is -1.44. The number of amides is 3. The van der Waals surface area contributed by atoms with E-state index in [9.17, 15) is 34.2 Å². The summed E-state index contributed by atoms with van der Waals surface area (Å²) < 4.78 is 0. The van der Waals surface area contributed by atoms with Gasteiger partial charge in [-0.15, -0.1) is 0 Å². The average Bonchev–Trinajstić information content (AvgIpc) is 2.60. The number of carbonyl (C=O) groups excluding carboxylic acids is 3. The van der Waals surface area contributed by atoms with Crippen LogP contribution in [0.25, 0.3) is 0 Å². The molecule has 0 saturated carbocycles. The molecule has 8 N–H and O–H groups in total. The highest BCUT2D eigenvalue weighted by Crippen LogP contribution is 2.06. The van der Waals surface area contributed by atoms with E-state index in [1.54, 1.807) is 13.8 Å². The fraction of sp³-hybridized carbons (Fsp3) is 0.706. The molecule has 0 aromatic rings. The Kier molecular flexibility index (Phi) is 11.5. The molecule has 0 rings (SSSR count). The van der Waals surface area contributed by atoms with E-state index in [0.29, 0.717) is 0 Å². The van der Waals surface area contributed by atoms with Crippen molar-refractivity contribution in [1.29, 1.82) is 0 Å². The van der Waals surface area contributed by atoms with Crippen molar-refractivity contribution in [2.45, 2.75) is 64.3 Å². The number of nitrogens with one attached hydrogen (secondary N) is 3. The molecule has 166 valence electrons. The Morgan fingerprint density at radius 1 is 0.966 bits per heavy atom. The van der Waals surface area contributed by atoms with Gasteiger partial charge in [0.2, 0.25) is 17.7 Å². The molecular formula is C17H30N4O8. The normalized spacial score (nSPS) is 15.0. The lowest BCUT2D eigenvalue weighted by Gasteiger charge is -2.24. The van der Waals surface area contributed by atoms with Crippen LogP contribution in [0.4, 0.5) is 0 Å². The van der Waals surface area contributed by atoms with Crippen molar-refractivity contribution in [3.8, 4) is 0 Å². The number of carboxylic acid groups (broad SMARTS) is 2. The van der Waals surface area contributed by atoms with Crippen LogP contribution in [0.2, 0.25) is 0 Å². The van der Waals surface area contributed by atoms with E-state index in [1.807, 2.05) is 0 Å². The summed E-state index contributed by atoms with van der Waals surface area (Å²) in [4.78, 5) is 57.7. The molecule has 0 aliphatic carbocycles. The zero-order valence-corrected chi connectivity index (χ0v) is 16.7. The van der Waals surface area contributed by atoms with Gasteiger partial charge >= 0.3 is 11.9 Å². The Labute approximate surface area is 168 Å². The number of aliphatic hydroxyl groups excluding tert-OH is 1. The van der Waals surface area contributed by atoms with Crippen molar-refractivity contribution in [3.05, 3.63) is 0 Å². The molecule has 12 heteroatoms. The van der Waals surface area contributed by atoms with Gasteiger partial charge in [-0.3, -0.25) is 19.2 Å². The molecular weight excluding hydrogens is 388 g/mol. The van der Waals surface area contributed by atoms with Crippen molar-refractivity contribution in [1.82, 2.24) is 16.0 Å². The molecule has 0 saturated heterocycles. The molecule has 4 unspecified atom stereocenters. The maximum absolute atomic E-state index is 12.3. The summed E-state index contributed by atoms with van der Waals surface area (Å²) in [6.45, 7) is 4.23. The van der Waals surface area contributed by atoms with E-state index in [4.69, 9.17) is 10.8 Å². The summed E-state index contributed by atoms with van der Waals surface area (Å²) in [6, 6.07) is -3.75. The Morgan fingerprint density at radius 2 is 1.55 bits per heavy atom. The maximum Gasteiger partial charge on any atom is 0.326 e. The summed E-state index contributed by atoms with van der Waals surface area (Å²) in [5, 5.41) is 34.2. The fourth-order valence-corrected chi connectivity index (χ4v) is 2.29. The summed E-state index contributed by atoms with van der Waals surface area (Å²) >= 11 is 0. The fourth-order valence-electron chi connectivity index (χ4n) is 2.29. The second-order valence-corrected chi connectivity index (χ2v) is 7.07. The summed E-state index contributed by atoms with van der Waals surface area (Å²) in [5.41, 5.74) is 5.51. The summed E-state index contributed by atoms with van der Waals surface area (Å²) in [6.07, 6.45) is -1.60. The van der Waals surface area contributed by atoms with Gasteiger partial charge in [0.1, 0.15) is 12.1 Å². The standard InChI is InChI=1S/C17H30N4O8/c1-8(2)6-11(17(28)29)20-16(27)14(9(3)22)21-12(23)7-19-15(26)10(18)4-5-13(24)25/h8-11,14,22H,4-7,18H2,1-3H3,(H,19,26)(H,20,27)(H,21,23)(H,24,25)(H,28,29). The van der Waals surface area contributed by atoms with Crippen molar-refractivity contribution < 1.29 is 39.3 Å². The van der Waals surface area contributed by atoms with Gasteiger partial charge in [-0.2, -0.15) is 0 Å². The SMILES string of the molecule is CC(C)CC(NC(=O)C(NC(=O)CNC(=O)C(N)CCC(=O)O)C(C)O)C(=O)O. The Balaban J connectivity index is 4.76. The van der Waals surface area contributed by atoms with Gasteiger partial charge in [-0.05, 0) is 25.7 Å². The van der Waals surface area contributed by atoms with Crippen LogP contribution in [0.1, 0.15) is 40.0 Å². The number of aliphatic hydroxyl groups is 1. The molecule has 0 radical (unpaired) electrons. The zero-order valence-electron chi connectivity index (χ0n) is 16.7. The third-order valence-electron chi connectivity index (χ3n) is 3.83. The van der Waals surface area contributed by atoms with Gasteiger partial charge in [0.05, 0.1) is 18.7 Å². The number of rotatable bonds is 13. The van der Waals surface area contributed by atoms with Gasteiger partial charge in [-0.25, -0.2) is 4.79 Å². The van der Waals surface area contributed by atoms with Crippen molar-refractivity contribution >= 4 is 29.7 Å². The lowest BCUT2D eigenvalue weighted by molar-refractivity contribution is -0.143. The second kappa shape index (κ2) is 12.7. The number of carbonyl (C=O) groups is 5. The molecule has 0 heterocycles. The van der Waals surface area contributed by atoms with Crippen LogP contribution in [0.3, 0.4) is 0 Å². The molecule has 0 bridgehead atoms. The number of hydrogen-bond acceptors (Lipinski definition) is 7. The van der Waals surface area contributed by atoms with Crippen LogP contribution in [0, 0.1) is 5.92 Å². The predicted molar refractivity (Wildman–Crippen MR) is 100 cm³/mol. The number of hydrogen-bond donors (Lipinski definition) is 7. The van der Waals surface area contributed by atoms with E-state index < -0.39 is 60.4 Å². The Morgan fingerprint density at radius 3 is 2.00 bits per heavy atom. The van der Waals surface area contributed by atoms with Crippen LogP contribution in [0.5, 0.6) is 0 Å². The molecule has 0 fully saturated rings. The lowest BCUT2D eigenvalue weighted by Crippen LogP contribution is -2.57. The average molecular weight is 418 g/mol. The molecule has 0 aromatic carbocycles. The van der Waals surface area contributed by atoms with E-state index in [2.05, 4.69) is 16.0 Å². The Hall–Kier alpha value is -2.73. The van der Waals surface area contributed by atoms with E-state index in [1.165, 1.54) is 6.92 Å². The highest BCUT2D eigenvalue weighted by Gasteiger charge is 2.30. The number of carboxylic acids is 2. The maximum atomic E-state index is 12.3. The first kappa shape index (κ1) is 26.3. The number of nitrogens with two attached hydrogens (primary N) is 1. The van der Waals surface area contributed by atoms with Crippen LogP contribution < -0.4 is 21.7 Å². The first-order chi connectivity index (χ1) is 13.3. The van der Waals surface area contributed by atoms with Gasteiger partial charge in [0, 0.05) is 6.42 Å². The number of aliphatic carboxylic acids is 2. The van der Waals surface area contributed by atoms with Gasteiger partial charge < -0.3 is 37.0 Å². The second-order valence-electron chi connectivity index (χ2n) is 7.07. The van der Waals surface area contributed by atoms with Gasteiger partial charge in [-0.1, -0.05) is 13.8 Å². The molecule has 29 heavy (non-hydrogen) atoms. The smallest absolute Gasteiger partial charge is 0.326 e. The predicted octanol–water partition coefficient (Wildman–Crippen LogP) is -2.22. The van der Waals surface area contributed by atoms with Crippen LogP contribution >= 0.6 is 0 Å². The lowest BCUT2D eigenvalue weighted by atomic mass is 10.0. The molecule has 4 atom stereocenters. The van der Waals surface area contributed by atoms with Crippen LogP contribution in [-0.2, 0) is 24.0 Å². The minimum absolute atomic E-state index is 0.0171. The van der Waals surface area contributed by atoms with Gasteiger partial charge in [0.25, 0.3) is 0 Å². The first-order valence-electron chi connectivity index (χ1n) is 9.10. The third kappa shape index (κ3) is 11.0. The third-order valence-corrected chi connectivity index (χ3v) is 3.83. The molecule has 12 nitrogen and oxygen atoms in total. The van der Waals surface area contributed by atoms with Crippen LogP contribution in [0.15, 0.2) is 0 Å².